The van der Waals surface area contributed by atoms with Crippen LogP contribution in [0.1, 0.15) is 69.5 Å². The van der Waals surface area contributed by atoms with Crippen LogP contribution in [0.4, 0.5) is 0 Å². The fourth-order valence-electron chi connectivity index (χ4n) is 8.28. The number of nitrogens with zero attached hydrogens (tertiary/aromatic N) is 2. The third-order valence-electron chi connectivity index (χ3n) is 10.3. The number of hydrogen-bond acceptors (Lipinski definition) is 8. The van der Waals surface area contributed by atoms with E-state index in [1.54, 1.807) is 12.2 Å². The molecular weight excluding hydrogens is 602 g/mol. The molecule has 1 aromatic rings. The van der Waals surface area contributed by atoms with E-state index in [2.05, 4.69) is 18.5 Å². The zero-order valence-electron chi connectivity index (χ0n) is 27.4. The van der Waals surface area contributed by atoms with E-state index >= 15 is 0 Å². The Morgan fingerprint density at radius 2 is 1.89 bits per heavy atom. The lowest BCUT2D eigenvalue weighted by Gasteiger charge is -2.40. The molecule has 256 valence electrons. The number of hydrogen-bond donors (Lipinski definition) is 2. The zero-order valence-corrected chi connectivity index (χ0v) is 27.4. The largest absolute Gasteiger partial charge is 0.455 e. The number of likely N-dealkylation sites (tertiary alicyclic amines) is 1. The summed E-state index contributed by atoms with van der Waals surface area (Å²) in [4.78, 5) is 59.1. The molecule has 3 aliphatic heterocycles. The average Bonchev–Trinajstić information content (AvgIpc) is 3.73. The predicted molar refractivity (Wildman–Crippen MR) is 174 cm³/mol. The van der Waals surface area contributed by atoms with Gasteiger partial charge in [-0.3, -0.25) is 19.2 Å². The minimum absolute atomic E-state index is 0.0289. The Balaban J connectivity index is 1.45. The van der Waals surface area contributed by atoms with Gasteiger partial charge in [-0.25, -0.2) is 0 Å². The Hall–Kier alpha value is -3.54. The first-order valence-electron chi connectivity index (χ1n) is 17.0. The van der Waals surface area contributed by atoms with Gasteiger partial charge in [0, 0.05) is 32.7 Å². The number of aliphatic hydroxyl groups is 1. The number of amides is 3. The molecule has 2 bridgehead atoms. The van der Waals surface area contributed by atoms with E-state index in [1.165, 1.54) is 12.0 Å². The summed E-state index contributed by atoms with van der Waals surface area (Å²) >= 11 is 0. The molecule has 7 atom stereocenters. The summed E-state index contributed by atoms with van der Waals surface area (Å²) in [5.41, 5.74) is -0.551. The second-order valence-corrected chi connectivity index (χ2v) is 13.1. The van der Waals surface area contributed by atoms with Gasteiger partial charge in [0.05, 0.1) is 37.2 Å². The minimum Gasteiger partial charge on any atom is -0.455 e. The lowest BCUT2D eigenvalue weighted by atomic mass is 9.70. The van der Waals surface area contributed by atoms with Crippen molar-refractivity contribution in [2.45, 2.75) is 93.7 Å². The molecule has 0 aromatic heterocycles. The van der Waals surface area contributed by atoms with Gasteiger partial charge in [0.15, 0.2) is 0 Å². The highest BCUT2D eigenvalue weighted by molar-refractivity contribution is 5.98. The summed E-state index contributed by atoms with van der Waals surface area (Å²) in [5.74, 6) is -3.36. The Bertz CT molecular complexity index is 1300. The van der Waals surface area contributed by atoms with Gasteiger partial charge in [0.25, 0.3) is 0 Å². The number of fused-ring (bicyclic) bond motifs is 1. The number of ether oxygens (including phenoxy) is 3. The lowest BCUT2D eigenvalue weighted by Crippen LogP contribution is -2.58. The molecule has 47 heavy (non-hydrogen) atoms. The van der Waals surface area contributed by atoms with Crippen molar-refractivity contribution in [2.75, 3.05) is 33.4 Å². The molecule has 2 N–H and O–H groups in total. The number of allylic oxidation sites excluding steroid dienone is 1. The summed E-state index contributed by atoms with van der Waals surface area (Å²) < 4.78 is 18.3. The Morgan fingerprint density at radius 3 is 2.55 bits per heavy atom. The van der Waals surface area contributed by atoms with Crippen LogP contribution in [0.3, 0.4) is 0 Å². The lowest BCUT2D eigenvalue weighted by molar-refractivity contribution is -0.163. The average molecular weight is 652 g/mol. The first-order valence-corrected chi connectivity index (χ1v) is 17.0. The molecule has 0 radical (unpaired) electrons. The summed E-state index contributed by atoms with van der Waals surface area (Å²) in [7, 11) is 1.51. The smallest absolute Gasteiger partial charge is 0.313 e. The van der Waals surface area contributed by atoms with Gasteiger partial charge in [-0.05, 0) is 37.7 Å². The van der Waals surface area contributed by atoms with E-state index in [0.717, 1.165) is 32.1 Å². The second-order valence-electron chi connectivity index (χ2n) is 13.1. The molecule has 1 aliphatic carbocycles. The topological polar surface area (TPSA) is 135 Å². The molecule has 4 aliphatic rings. The number of nitrogens with one attached hydrogen (secondary N) is 1. The van der Waals surface area contributed by atoms with Gasteiger partial charge in [-0.1, -0.05) is 61.7 Å². The van der Waals surface area contributed by atoms with Crippen molar-refractivity contribution in [3.63, 3.8) is 0 Å². The molecule has 5 rings (SSSR count). The van der Waals surface area contributed by atoms with Crippen LogP contribution in [0, 0.1) is 11.8 Å². The quantitative estimate of drug-likeness (QED) is 0.206. The zero-order chi connectivity index (χ0) is 33.6. The van der Waals surface area contributed by atoms with Gasteiger partial charge in [-0.15, -0.1) is 13.2 Å². The first-order chi connectivity index (χ1) is 22.8. The van der Waals surface area contributed by atoms with Crippen molar-refractivity contribution in [2.24, 2.45) is 11.8 Å². The number of β-amino-alcohol motifs (C(OH)–C–C–N with tert-alkyl or cyclic N) is 1. The molecule has 1 aromatic carbocycles. The van der Waals surface area contributed by atoms with Gasteiger partial charge < -0.3 is 34.4 Å². The minimum atomic E-state index is -1.21. The Kier molecular flexibility index (Phi) is 11.5. The highest BCUT2D eigenvalue weighted by atomic mass is 16.6. The van der Waals surface area contributed by atoms with E-state index in [9.17, 15) is 24.3 Å². The standard InChI is InChI=1S/C36H49N3O8/c1-4-6-17-28(41)37-26(23-45-3)31(24-13-9-7-10-14-24)46-35(44)29-27-18-19-36(47-27)30(29)33(42)39(21-22-40)32(36)34(43)38(20-5-2)25-15-11-8-12-16-25/h4-5,7,9-10,13-14,25-27,29-32,40H,1-2,6,8,11-12,15-23H2,3H3,(H,37,41)/t26-,27+,29-,30-,31-,32+,36-/m0/s1. The normalized spacial score (nSPS) is 28.0. The highest BCUT2D eigenvalue weighted by Gasteiger charge is 2.75. The number of carbonyl (C=O) groups is 4. The number of carbonyl (C=O) groups excluding carboxylic acids is 4. The van der Waals surface area contributed by atoms with E-state index in [0.29, 0.717) is 31.4 Å². The highest BCUT2D eigenvalue weighted by Crippen LogP contribution is 2.59. The van der Waals surface area contributed by atoms with Crippen LogP contribution in [-0.4, -0.2) is 102 Å². The fourth-order valence-corrected chi connectivity index (χ4v) is 8.28. The summed E-state index contributed by atoms with van der Waals surface area (Å²) in [6.45, 7) is 7.61. The first kappa shape index (κ1) is 34.8. The molecule has 4 fully saturated rings. The van der Waals surface area contributed by atoms with E-state index in [4.69, 9.17) is 14.2 Å². The molecule has 3 saturated heterocycles. The molecule has 11 heteroatoms. The van der Waals surface area contributed by atoms with Gasteiger partial charge in [-0.2, -0.15) is 0 Å². The van der Waals surface area contributed by atoms with Crippen molar-refractivity contribution in [3.05, 3.63) is 61.2 Å². The molecule has 3 amide bonds. The third-order valence-corrected chi connectivity index (χ3v) is 10.3. The van der Waals surface area contributed by atoms with Crippen molar-refractivity contribution in [3.8, 4) is 0 Å². The van der Waals surface area contributed by atoms with Crippen molar-refractivity contribution in [1.29, 1.82) is 0 Å². The Labute approximate surface area is 277 Å². The maximum absolute atomic E-state index is 14.5. The van der Waals surface area contributed by atoms with Crippen LogP contribution in [0.25, 0.3) is 0 Å². The van der Waals surface area contributed by atoms with Gasteiger partial charge in [0.1, 0.15) is 17.7 Å². The summed E-state index contributed by atoms with van der Waals surface area (Å²) in [6.07, 6.45) is 8.41. The fraction of sp³-hybridized carbons (Fsp3) is 0.611. The van der Waals surface area contributed by atoms with Crippen LogP contribution in [0.2, 0.25) is 0 Å². The predicted octanol–water partition coefficient (Wildman–Crippen LogP) is 3.08. The van der Waals surface area contributed by atoms with Crippen molar-refractivity contribution >= 4 is 23.7 Å². The van der Waals surface area contributed by atoms with E-state index in [1.807, 2.05) is 35.2 Å². The molecular formula is C36H49N3O8. The SMILES string of the molecule is C=CCCC(=O)N[C@@H](COC)[C@@H](OC(=O)[C@@H]1[C@H]2C(=O)N(CCO)[C@H](C(=O)N(CC=C)C3CCCCC3)[C@]23CC[C@H]1O3)c1ccccc1. The maximum atomic E-state index is 14.5. The van der Waals surface area contributed by atoms with E-state index in [-0.39, 0.29) is 49.9 Å². The van der Waals surface area contributed by atoms with Crippen LogP contribution >= 0.6 is 0 Å². The van der Waals surface area contributed by atoms with Crippen LogP contribution < -0.4 is 5.32 Å². The van der Waals surface area contributed by atoms with Crippen molar-refractivity contribution < 1.29 is 38.5 Å². The van der Waals surface area contributed by atoms with Crippen LogP contribution in [-0.2, 0) is 33.4 Å². The molecule has 1 spiro atoms. The monoisotopic (exact) mass is 651 g/mol. The molecule has 3 heterocycles. The van der Waals surface area contributed by atoms with E-state index < -0.39 is 47.7 Å². The van der Waals surface area contributed by atoms with Crippen LogP contribution in [0.5, 0.6) is 0 Å². The van der Waals surface area contributed by atoms with Gasteiger partial charge in [0.2, 0.25) is 17.7 Å². The molecule has 11 nitrogen and oxygen atoms in total. The number of esters is 1. The maximum Gasteiger partial charge on any atom is 0.313 e. The molecule has 0 unspecified atom stereocenters. The Morgan fingerprint density at radius 1 is 1.15 bits per heavy atom. The number of methoxy groups -OCH3 is 1. The summed E-state index contributed by atoms with van der Waals surface area (Å²) in [5, 5.41) is 13.0. The van der Waals surface area contributed by atoms with Gasteiger partial charge >= 0.3 is 5.97 Å². The van der Waals surface area contributed by atoms with Crippen molar-refractivity contribution in [1.82, 2.24) is 15.1 Å². The third kappa shape index (κ3) is 6.89. The number of benzene rings is 1. The summed E-state index contributed by atoms with van der Waals surface area (Å²) in [6, 6.07) is 7.46. The van der Waals surface area contributed by atoms with Crippen LogP contribution in [0.15, 0.2) is 55.6 Å². The molecule has 1 saturated carbocycles. The number of rotatable bonds is 16. The number of aliphatic hydroxyl groups excluding tert-OH is 1. The second kappa shape index (κ2) is 15.6.